The number of rotatable bonds is 5. The molecule has 1 atom stereocenters. The summed E-state index contributed by atoms with van der Waals surface area (Å²) < 4.78 is 26.9. The monoisotopic (exact) mass is 331 g/mol. The van der Waals surface area contributed by atoms with Crippen LogP contribution in [0.15, 0.2) is 42.7 Å². The molecule has 1 unspecified atom stereocenters. The number of nitrogens with one attached hydrogen (secondary N) is 1. The Hall–Kier alpha value is -2.50. The Morgan fingerprint density at radius 2 is 2.17 bits per heavy atom. The molecule has 1 fully saturated rings. The van der Waals surface area contributed by atoms with Crippen LogP contribution in [0.2, 0.25) is 0 Å². The van der Waals surface area contributed by atoms with E-state index in [2.05, 4.69) is 10.3 Å². The highest BCUT2D eigenvalue weighted by molar-refractivity contribution is 5.75. The molecule has 1 heterocycles. The lowest BCUT2D eigenvalue weighted by atomic mass is 10.1. The molecule has 1 N–H and O–H groups in total. The van der Waals surface area contributed by atoms with Gasteiger partial charge in [-0.15, -0.1) is 0 Å². The molecule has 0 bridgehead atoms. The number of carbonyl (C=O) groups excluding carboxylic acids is 1. The van der Waals surface area contributed by atoms with Crippen molar-refractivity contribution in [3.05, 3.63) is 65.5 Å². The SMILES string of the molecule is CC(NC(=O)N(Cc1ccc(F)cc1F)C1CC1)c1cccnc1. The Morgan fingerprint density at radius 3 is 2.79 bits per heavy atom. The quantitative estimate of drug-likeness (QED) is 0.906. The Kier molecular flexibility index (Phi) is 4.74. The van der Waals surface area contributed by atoms with E-state index in [1.807, 2.05) is 19.1 Å². The molecule has 6 heteroatoms. The van der Waals surface area contributed by atoms with Crippen molar-refractivity contribution in [3.63, 3.8) is 0 Å². The molecule has 4 nitrogen and oxygen atoms in total. The first-order valence-electron chi connectivity index (χ1n) is 7.95. The standard InChI is InChI=1S/C18H19F2N3O/c1-12(13-3-2-8-21-10-13)22-18(24)23(16-6-7-16)11-14-4-5-15(19)9-17(14)20/h2-5,8-10,12,16H,6-7,11H2,1H3,(H,22,24). The summed E-state index contributed by atoms with van der Waals surface area (Å²) in [6.45, 7) is 2.00. The van der Waals surface area contributed by atoms with Crippen molar-refractivity contribution < 1.29 is 13.6 Å². The fourth-order valence-electron chi connectivity index (χ4n) is 2.57. The molecule has 0 radical (unpaired) electrons. The normalized spacial score (nSPS) is 15.0. The molecular formula is C18H19F2N3O. The van der Waals surface area contributed by atoms with Crippen LogP contribution >= 0.6 is 0 Å². The number of amides is 2. The third kappa shape index (κ3) is 3.88. The topological polar surface area (TPSA) is 45.2 Å². The number of urea groups is 1. The average molecular weight is 331 g/mol. The summed E-state index contributed by atoms with van der Waals surface area (Å²) >= 11 is 0. The van der Waals surface area contributed by atoms with Crippen molar-refractivity contribution in [2.24, 2.45) is 0 Å². The van der Waals surface area contributed by atoms with Crippen LogP contribution in [0.5, 0.6) is 0 Å². The van der Waals surface area contributed by atoms with Crippen molar-refractivity contribution in [3.8, 4) is 0 Å². The van der Waals surface area contributed by atoms with Gasteiger partial charge in [0, 0.05) is 30.1 Å². The Morgan fingerprint density at radius 1 is 1.38 bits per heavy atom. The number of pyridine rings is 1. The summed E-state index contributed by atoms with van der Waals surface area (Å²) in [4.78, 5) is 18.2. The molecule has 2 aromatic rings. The summed E-state index contributed by atoms with van der Waals surface area (Å²) in [5.74, 6) is -1.25. The maximum atomic E-state index is 13.9. The van der Waals surface area contributed by atoms with Gasteiger partial charge in [0.2, 0.25) is 0 Å². The average Bonchev–Trinajstić information content (AvgIpc) is 3.39. The van der Waals surface area contributed by atoms with E-state index in [-0.39, 0.29) is 24.7 Å². The molecular weight excluding hydrogens is 312 g/mol. The molecule has 0 saturated heterocycles. The van der Waals surface area contributed by atoms with Crippen LogP contribution in [-0.4, -0.2) is 22.0 Å². The van der Waals surface area contributed by atoms with Gasteiger partial charge in [0.1, 0.15) is 11.6 Å². The van der Waals surface area contributed by atoms with Crippen LogP contribution in [0.25, 0.3) is 0 Å². The fourth-order valence-corrected chi connectivity index (χ4v) is 2.57. The first-order chi connectivity index (χ1) is 11.5. The van der Waals surface area contributed by atoms with Gasteiger partial charge in [-0.2, -0.15) is 0 Å². The van der Waals surface area contributed by atoms with Crippen molar-refractivity contribution in [1.82, 2.24) is 15.2 Å². The van der Waals surface area contributed by atoms with Crippen LogP contribution in [0.4, 0.5) is 13.6 Å². The summed E-state index contributed by atoms with van der Waals surface area (Å²) in [6.07, 6.45) is 5.17. The minimum atomic E-state index is -0.631. The number of benzene rings is 1. The van der Waals surface area contributed by atoms with Gasteiger partial charge < -0.3 is 10.2 Å². The molecule has 24 heavy (non-hydrogen) atoms. The maximum absolute atomic E-state index is 13.9. The van der Waals surface area contributed by atoms with Crippen LogP contribution in [-0.2, 0) is 6.54 Å². The second-order valence-electron chi connectivity index (χ2n) is 6.05. The number of aromatic nitrogens is 1. The Balaban J connectivity index is 1.70. The van der Waals surface area contributed by atoms with Gasteiger partial charge in [0.25, 0.3) is 0 Å². The summed E-state index contributed by atoms with van der Waals surface area (Å²) in [7, 11) is 0. The predicted molar refractivity (Wildman–Crippen MR) is 86.1 cm³/mol. The molecule has 3 rings (SSSR count). The molecule has 1 aromatic carbocycles. The first-order valence-corrected chi connectivity index (χ1v) is 7.95. The molecule has 1 saturated carbocycles. The lowest BCUT2D eigenvalue weighted by molar-refractivity contribution is 0.188. The van der Waals surface area contributed by atoms with Crippen molar-refractivity contribution in [1.29, 1.82) is 0 Å². The molecule has 1 aliphatic rings. The first kappa shape index (κ1) is 16.4. The van der Waals surface area contributed by atoms with E-state index in [4.69, 9.17) is 0 Å². The lowest BCUT2D eigenvalue weighted by Gasteiger charge is -2.25. The summed E-state index contributed by atoms with van der Waals surface area (Å²) in [5, 5.41) is 2.92. The van der Waals surface area contributed by atoms with Gasteiger partial charge in [-0.25, -0.2) is 13.6 Å². The fraction of sp³-hybridized carbons (Fsp3) is 0.333. The van der Waals surface area contributed by atoms with E-state index in [1.165, 1.54) is 12.1 Å². The highest BCUT2D eigenvalue weighted by atomic mass is 19.1. The largest absolute Gasteiger partial charge is 0.331 e. The smallest absolute Gasteiger partial charge is 0.318 e. The van der Waals surface area contributed by atoms with E-state index in [0.717, 1.165) is 24.5 Å². The zero-order valence-electron chi connectivity index (χ0n) is 13.4. The van der Waals surface area contributed by atoms with Gasteiger partial charge in [-0.1, -0.05) is 12.1 Å². The maximum Gasteiger partial charge on any atom is 0.318 e. The highest BCUT2D eigenvalue weighted by Gasteiger charge is 2.33. The minimum Gasteiger partial charge on any atom is -0.331 e. The van der Waals surface area contributed by atoms with Crippen molar-refractivity contribution in [2.45, 2.75) is 38.4 Å². The second kappa shape index (κ2) is 6.95. The Bertz CT molecular complexity index is 719. The van der Waals surface area contributed by atoms with E-state index >= 15 is 0 Å². The highest BCUT2D eigenvalue weighted by Crippen LogP contribution is 2.29. The molecule has 1 aromatic heterocycles. The van der Waals surface area contributed by atoms with Gasteiger partial charge in [0.05, 0.1) is 12.6 Å². The van der Waals surface area contributed by atoms with Crippen molar-refractivity contribution >= 4 is 6.03 Å². The number of hydrogen-bond acceptors (Lipinski definition) is 2. The van der Waals surface area contributed by atoms with Gasteiger partial charge in [-0.3, -0.25) is 4.98 Å². The molecule has 0 spiro atoms. The van der Waals surface area contributed by atoms with E-state index in [0.29, 0.717) is 5.56 Å². The Labute approximate surface area is 139 Å². The zero-order valence-corrected chi connectivity index (χ0v) is 13.4. The van der Waals surface area contributed by atoms with E-state index in [1.54, 1.807) is 17.3 Å². The summed E-state index contributed by atoms with van der Waals surface area (Å²) in [5.41, 5.74) is 1.21. The van der Waals surface area contributed by atoms with Crippen LogP contribution < -0.4 is 5.32 Å². The second-order valence-corrected chi connectivity index (χ2v) is 6.05. The lowest BCUT2D eigenvalue weighted by Crippen LogP contribution is -2.42. The van der Waals surface area contributed by atoms with Gasteiger partial charge in [-0.05, 0) is 37.5 Å². The molecule has 126 valence electrons. The molecule has 1 aliphatic carbocycles. The van der Waals surface area contributed by atoms with Gasteiger partial charge >= 0.3 is 6.03 Å². The van der Waals surface area contributed by atoms with Crippen LogP contribution in [0.1, 0.15) is 36.9 Å². The number of halogens is 2. The van der Waals surface area contributed by atoms with Crippen LogP contribution in [0.3, 0.4) is 0 Å². The predicted octanol–water partition coefficient (Wildman–Crippen LogP) is 3.80. The third-order valence-electron chi connectivity index (χ3n) is 4.13. The number of hydrogen-bond donors (Lipinski definition) is 1. The van der Waals surface area contributed by atoms with E-state index in [9.17, 15) is 13.6 Å². The van der Waals surface area contributed by atoms with Crippen LogP contribution in [0, 0.1) is 11.6 Å². The minimum absolute atomic E-state index is 0.107. The zero-order chi connectivity index (χ0) is 17.1. The summed E-state index contributed by atoms with van der Waals surface area (Å²) in [6, 6.07) is 6.79. The number of nitrogens with zero attached hydrogens (tertiary/aromatic N) is 2. The van der Waals surface area contributed by atoms with Gasteiger partial charge in [0.15, 0.2) is 0 Å². The molecule has 0 aliphatic heterocycles. The van der Waals surface area contributed by atoms with E-state index < -0.39 is 11.6 Å². The third-order valence-corrected chi connectivity index (χ3v) is 4.13. The number of carbonyl (C=O) groups is 1. The molecule has 2 amide bonds. The van der Waals surface area contributed by atoms with Crippen molar-refractivity contribution in [2.75, 3.05) is 0 Å².